The lowest BCUT2D eigenvalue weighted by molar-refractivity contribution is -0.720. The Balaban J connectivity index is 1.60. The van der Waals surface area contributed by atoms with Crippen LogP contribution in [-0.4, -0.2) is 34.9 Å². The monoisotopic (exact) mass is 506 g/mol. The Hall–Kier alpha value is -4.46. The van der Waals surface area contributed by atoms with Crippen LogP contribution in [0.15, 0.2) is 63.9 Å². The largest absolute Gasteiger partial charge is 0.494 e. The number of H-pyrrole nitrogens is 1. The number of para-hydroxylation sites is 1. The SMILES string of the molecule is C[n+]1nc(C#Cc2nnc(-c3ccc(Cl)nc3)n2-c2ccccc2Cl)oc1-c1cc(O)[nH]c(=O)c1. The number of aromatic hydroxyl groups is 1. The van der Waals surface area contributed by atoms with E-state index in [2.05, 4.69) is 37.1 Å². The Labute approximate surface area is 207 Å². The Morgan fingerprint density at radius 2 is 1.91 bits per heavy atom. The smallest absolute Gasteiger partial charge is 0.408 e. The first-order chi connectivity index (χ1) is 16.9. The molecule has 12 heteroatoms. The van der Waals surface area contributed by atoms with Crippen LogP contribution in [0.4, 0.5) is 0 Å². The van der Waals surface area contributed by atoms with Gasteiger partial charge in [0.25, 0.3) is 5.56 Å². The third-order valence-corrected chi connectivity index (χ3v) is 5.37. The van der Waals surface area contributed by atoms with E-state index in [4.69, 9.17) is 27.6 Å². The normalized spacial score (nSPS) is 10.7. The zero-order valence-electron chi connectivity index (χ0n) is 17.9. The average molecular weight is 507 g/mol. The van der Waals surface area contributed by atoms with E-state index in [1.54, 1.807) is 36.0 Å². The van der Waals surface area contributed by atoms with Crippen molar-refractivity contribution in [2.24, 2.45) is 7.05 Å². The summed E-state index contributed by atoms with van der Waals surface area (Å²) >= 11 is 12.4. The molecule has 10 nitrogen and oxygen atoms in total. The van der Waals surface area contributed by atoms with E-state index in [-0.39, 0.29) is 23.5 Å². The van der Waals surface area contributed by atoms with Crippen molar-refractivity contribution in [2.45, 2.75) is 0 Å². The summed E-state index contributed by atoms with van der Waals surface area (Å²) < 4.78 is 8.81. The standard InChI is InChI=1S/C23H13Cl2N7O3/c1-31-23(14-10-19(33)27-20(34)11-14)35-21(30-31)9-8-18-28-29-22(13-6-7-17(25)26-12-13)32(18)16-5-3-2-4-15(16)24/h2-7,10-12H,1H3,(H-,27,33,34)/p+1. The maximum absolute atomic E-state index is 11.7. The second-order valence-corrected chi connectivity index (χ2v) is 8.00. The van der Waals surface area contributed by atoms with Gasteiger partial charge in [0.05, 0.1) is 15.8 Å². The predicted octanol–water partition coefficient (Wildman–Crippen LogP) is 2.91. The number of nitrogens with one attached hydrogen (secondary N) is 1. The van der Waals surface area contributed by atoms with Gasteiger partial charge in [0.1, 0.15) is 10.7 Å². The molecule has 4 aromatic heterocycles. The molecule has 0 saturated carbocycles. The first-order valence-electron chi connectivity index (χ1n) is 10.0. The molecule has 5 rings (SSSR count). The molecule has 0 radical (unpaired) electrons. The van der Waals surface area contributed by atoms with E-state index in [1.807, 2.05) is 18.2 Å². The van der Waals surface area contributed by atoms with Gasteiger partial charge in [-0.3, -0.25) is 14.3 Å². The molecule has 0 bridgehead atoms. The lowest BCUT2D eigenvalue weighted by Gasteiger charge is -2.09. The average Bonchev–Trinajstić information content (AvgIpc) is 3.41. The minimum Gasteiger partial charge on any atom is -0.494 e. The molecule has 0 atom stereocenters. The summed E-state index contributed by atoms with van der Waals surface area (Å²) in [5.74, 6) is 6.48. The molecule has 1 aromatic carbocycles. The maximum Gasteiger partial charge on any atom is 0.408 e. The Morgan fingerprint density at radius 3 is 2.66 bits per heavy atom. The number of aromatic nitrogens is 7. The number of hydrogen-bond acceptors (Lipinski definition) is 7. The zero-order chi connectivity index (χ0) is 24.5. The van der Waals surface area contributed by atoms with Crippen LogP contribution in [0.2, 0.25) is 10.2 Å². The number of pyridine rings is 2. The number of benzene rings is 1. The van der Waals surface area contributed by atoms with Crippen molar-refractivity contribution in [2.75, 3.05) is 0 Å². The van der Waals surface area contributed by atoms with Gasteiger partial charge in [-0.25, -0.2) is 4.98 Å². The highest BCUT2D eigenvalue weighted by atomic mass is 35.5. The summed E-state index contributed by atoms with van der Waals surface area (Å²) in [6, 6.07) is 13.2. The zero-order valence-corrected chi connectivity index (χ0v) is 19.4. The first-order valence-corrected chi connectivity index (χ1v) is 10.8. The van der Waals surface area contributed by atoms with Crippen LogP contribution in [0.25, 0.3) is 28.5 Å². The summed E-state index contributed by atoms with van der Waals surface area (Å²) in [7, 11) is 1.63. The molecule has 0 aliphatic heterocycles. The quantitative estimate of drug-likeness (QED) is 0.219. The van der Waals surface area contributed by atoms with Crippen LogP contribution in [-0.2, 0) is 7.05 Å². The molecule has 0 aliphatic rings. The van der Waals surface area contributed by atoms with Crippen LogP contribution in [0.5, 0.6) is 5.88 Å². The van der Waals surface area contributed by atoms with Crippen LogP contribution in [0.1, 0.15) is 11.7 Å². The van der Waals surface area contributed by atoms with Gasteiger partial charge in [-0.05, 0) is 34.9 Å². The van der Waals surface area contributed by atoms with E-state index >= 15 is 0 Å². The fraction of sp³-hybridized carbons (Fsp3) is 0.0435. The summed E-state index contributed by atoms with van der Waals surface area (Å²) in [5, 5.41) is 23.2. The van der Waals surface area contributed by atoms with Gasteiger partial charge >= 0.3 is 11.8 Å². The fourth-order valence-electron chi connectivity index (χ4n) is 3.34. The molecule has 0 unspecified atom stereocenters. The summed E-state index contributed by atoms with van der Waals surface area (Å²) in [6.45, 7) is 0. The maximum atomic E-state index is 11.7. The van der Waals surface area contributed by atoms with Crippen LogP contribution >= 0.6 is 23.2 Å². The lowest BCUT2D eigenvalue weighted by Crippen LogP contribution is -2.32. The third-order valence-electron chi connectivity index (χ3n) is 4.83. The number of aryl methyl sites for hydroxylation is 1. The summed E-state index contributed by atoms with van der Waals surface area (Å²) in [6.07, 6.45) is 1.58. The number of aromatic amines is 1. The van der Waals surface area contributed by atoms with Crippen LogP contribution in [0, 0.1) is 11.8 Å². The van der Waals surface area contributed by atoms with Crippen molar-refractivity contribution in [1.29, 1.82) is 0 Å². The van der Waals surface area contributed by atoms with Gasteiger partial charge in [0.2, 0.25) is 5.82 Å². The molecular weight excluding hydrogens is 493 g/mol. The number of hydrogen-bond donors (Lipinski definition) is 2. The fourth-order valence-corrected chi connectivity index (χ4v) is 3.67. The van der Waals surface area contributed by atoms with E-state index in [0.29, 0.717) is 32.8 Å². The van der Waals surface area contributed by atoms with Gasteiger partial charge in [-0.1, -0.05) is 35.3 Å². The second kappa shape index (κ2) is 9.06. The van der Waals surface area contributed by atoms with Gasteiger partial charge in [0.15, 0.2) is 18.8 Å². The Morgan fingerprint density at radius 1 is 1.09 bits per heavy atom. The highest BCUT2D eigenvalue weighted by Crippen LogP contribution is 2.27. The van der Waals surface area contributed by atoms with Crippen molar-refractivity contribution in [3.63, 3.8) is 0 Å². The summed E-state index contributed by atoms with van der Waals surface area (Å²) in [4.78, 5) is 18.1. The molecule has 0 saturated heterocycles. The third kappa shape index (κ3) is 4.50. The van der Waals surface area contributed by atoms with Crippen LogP contribution in [0.3, 0.4) is 0 Å². The van der Waals surface area contributed by atoms with Crippen molar-refractivity contribution in [1.82, 2.24) is 29.8 Å². The molecule has 0 spiro atoms. The highest BCUT2D eigenvalue weighted by molar-refractivity contribution is 6.32. The molecule has 2 N–H and O–H groups in total. The summed E-state index contributed by atoms with van der Waals surface area (Å²) in [5.41, 5.74) is 1.13. The Bertz CT molecular complexity index is 1680. The number of nitrogens with zero attached hydrogens (tertiary/aromatic N) is 6. The topological polar surface area (TPSA) is 127 Å². The molecule has 0 fully saturated rings. The minimum atomic E-state index is -0.485. The Kier molecular flexibility index (Phi) is 5.78. The van der Waals surface area contributed by atoms with Crippen molar-refractivity contribution in [3.05, 3.63) is 87.0 Å². The van der Waals surface area contributed by atoms with E-state index in [9.17, 15) is 9.90 Å². The number of rotatable bonds is 3. The van der Waals surface area contributed by atoms with Crippen molar-refractivity contribution < 1.29 is 14.2 Å². The second-order valence-electron chi connectivity index (χ2n) is 7.21. The first kappa shape index (κ1) is 22.3. The van der Waals surface area contributed by atoms with Gasteiger partial charge in [0, 0.05) is 29.8 Å². The highest BCUT2D eigenvalue weighted by Gasteiger charge is 2.22. The molecule has 0 amide bonds. The molecule has 4 heterocycles. The van der Waals surface area contributed by atoms with Crippen molar-refractivity contribution in [3.8, 4) is 46.3 Å². The molecular formula is C23H14Cl2N7O3+. The van der Waals surface area contributed by atoms with Gasteiger partial charge < -0.3 is 9.52 Å². The number of halogens is 2. The molecule has 5 aromatic rings. The van der Waals surface area contributed by atoms with Crippen molar-refractivity contribution >= 4 is 23.2 Å². The molecule has 172 valence electrons. The van der Waals surface area contributed by atoms with E-state index in [1.165, 1.54) is 16.8 Å². The van der Waals surface area contributed by atoms with E-state index < -0.39 is 5.56 Å². The van der Waals surface area contributed by atoms with E-state index in [0.717, 1.165) is 0 Å². The predicted molar refractivity (Wildman–Crippen MR) is 126 cm³/mol. The molecule has 35 heavy (non-hydrogen) atoms. The lowest BCUT2D eigenvalue weighted by atomic mass is 10.2. The van der Waals surface area contributed by atoms with Gasteiger partial charge in [-0.2, -0.15) is 0 Å². The molecule has 0 aliphatic carbocycles. The van der Waals surface area contributed by atoms with Gasteiger partial charge in [-0.15, -0.1) is 10.2 Å². The minimum absolute atomic E-state index is 0.0608. The van der Waals surface area contributed by atoms with Crippen LogP contribution < -0.4 is 10.2 Å².